The molecule has 0 aliphatic carbocycles. The molecule has 0 saturated heterocycles. The minimum absolute atomic E-state index is 0.00894. The first kappa shape index (κ1) is 48.6. The van der Waals surface area contributed by atoms with E-state index in [1.807, 2.05) is 12.2 Å². The van der Waals surface area contributed by atoms with Crippen LogP contribution in [0.1, 0.15) is 123 Å². The lowest BCUT2D eigenvalue weighted by Crippen LogP contribution is -2.29. The molecule has 3 N–H and O–H groups in total. The Balaban J connectivity index is 4.40. The molecule has 3 atom stereocenters. The third-order valence-corrected chi connectivity index (χ3v) is 8.26. The molecule has 0 radical (unpaired) electrons. The van der Waals surface area contributed by atoms with Crippen LogP contribution in [0.5, 0.6) is 0 Å². The highest BCUT2D eigenvalue weighted by atomic mass is 31.2. The summed E-state index contributed by atoms with van der Waals surface area (Å²) < 4.78 is 33.1. The van der Waals surface area contributed by atoms with Crippen LogP contribution in [0.15, 0.2) is 85.1 Å². The molecule has 0 aromatic rings. The molecule has 0 spiro atoms. The first-order chi connectivity index (χ1) is 24.8. The largest absolute Gasteiger partial charge is 0.472 e. The van der Waals surface area contributed by atoms with Crippen molar-refractivity contribution in [1.82, 2.24) is 0 Å². The van der Waals surface area contributed by atoms with Gasteiger partial charge in [0.1, 0.15) is 12.2 Å². The first-order valence-electron chi connectivity index (χ1n) is 19.1. The summed E-state index contributed by atoms with van der Waals surface area (Å²) in [6.45, 7) is 3.19. The smallest absolute Gasteiger partial charge is 0.457 e. The van der Waals surface area contributed by atoms with Crippen molar-refractivity contribution in [2.75, 3.05) is 33.0 Å². The monoisotopic (exact) mass is 736 g/mol. The number of phosphoric ester groups is 1. The second kappa shape index (κ2) is 37.4. The van der Waals surface area contributed by atoms with E-state index in [1.54, 1.807) is 0 Å². The summed E-state index contributed by atoms with van der Waals surface area (Å²) in [6.07, 6.45) is 44.2. The highest BCUT2D eigenvalue weighted by molar-refractivity contribution is 7.47. The van der Waals surface area contributed by atoms with Crippen LogP contribution in [0.3, 0.4) is 0 Å². The Morgan fingerprint density at radius 1 is 0.627 bits per heavy atom. The van der Waals surface area contributed by atoms with Crippen molar-refractivity contribution < 1.29 is 43.0 Å². The zero-order valence-corrected chi connectivity index (χ0v) is 32.4. The number of phosphoric acid groups is 1. The molecule has 51 heavy (non-hydrogen) atoms. The summed E-state index contributed by atoms with van der Waals surface area (Å²) in [4.78, 5) is 22.4. The van der Waals surface area contributed by atoms with Crippen LogP contribution in [0.25, 0.3) is 0 Å². The van der Waals surface area contributed by atoms with Gasteiger partial charge in [-0.3, -0.25) is 13.8 Å². The molecule has 0 aliphatic heterocycles. The van der Waals surface area contributed by atoms with Gasteiger partial charge in [-0.25, -0.2) is 4.57 Å². The molecule has 0 aromatic carbocycles. The van der Waals surface area contributed by atoms with Crippen LogP contribution in [-0.2, 0) is 27.9 Å². The van der Waals surface area contributed by atoms with E-state index in [2.05, 4.69) is 86.8 Å². The van der Waals surface area contributed by atoms with Gasteiger partial charge in [-0.2, -0.15) is 0 Å². The molecule has 10 heteroatoms. The fraction of sp³-hybridized carbons (Fsp3) is 0.634. The van der Waals surface area contributed by atoms with Gasteiger partial charge >= 0.3 is 13.8 Å². The van der Waals surface area contributed by atoms with Crippen molar-refractivity contribution in [1.29, 1.82) is 0 Å². The fourth-order valence-electron chi connectivity index (χ4n) is 4.44. The van der Waals surface area contributed by atoms with E-state index in [0.29, 0.717) is 13.0 Å². The number of aliphatic hydroxyl groups is 2. The molecule has 0 amide bonds. The molecule has 292 valence electrons. The maximum atomic E-state index is 12.5. The molecule has 0 saturated carbocycles. The lowest BCUT2D eigenvalue weighted by atomic mass is 10.1. The third kappa shape index (κ3) is 37.2. The minimum atomic E-state index is -4.54. The van der Waals surface area contributed by atoms with Gasteiger partial charge in [-0.1, -0.05) is 131 Å². The molecule has 3 unspecified atom stereocenters. The van der Waals surface area contributed by atoms with Gasteiger partial charge in [-0.15, -0.1) is 0 Å². The second-order valence-corrected chi connectivity index (χ2v) is 13.7. The van der Waals surface area contributed by atoms with Crippen molar-refractivity contribution in [3.8, 4) is 0 Å². The summed E-state index contributed by atoms with van der Waals surface area (Å²) in [7, 11) is -4.54. The number of hydrogen-bond donors (Lipinski definition) is 3. The van der Waals surface area contributed by atoms with Crippen LogP contribution < -0.4 is 0 Å². The Labute approximate surface area is 309 Å². The van der Waals surface area contributed by atoms with Crippen LogP contribution in [-0.4, -0.2) is 66.3 Å². The van der Waals surface area contributed by atoms with Crippen molar-refractivity contribution in [2.24, 2.45) is 0 Å². The van der Waals surface area contributed by atoms with Gasteiger partial charge in [-0.05, 0) is 70.6 Å². The maximum Gasteiger partial charge on any atom is 0.472 e. The van der Waals surface area contributed by atoms with Gasteiger partial charge < -0.3 is 24.6 Å². The Hall–Kier alpha value is -2.36. The number of esters is 1. The Kier molecular flexibility index (Phi) is 35.7. The SMILES string of the molecule is CC/C=C\C/C=C\C/C=C\C/C=C\C/C=C\C/C=C\CCC(=O)OC(COCCCCCCCC/C=C\CCC)COP(=O)(O)OCC(O)CO. The van der Waals surface area contributed by atoms with E-state index in [4.69, 9.17) is 23.6 Å². The number of carbonyl (C=O) groups is 1. The molecule has 0 aromatic heterocycles. The van der Waals surface area contributed by atoms with Gasteiger partial charge in [0, 0.05) is 13.0 Å². The number of carbonyl (C=O) groups excluding carboxylic acids is 1. The summed E-state index contributed by atoms with van der Waals surface area (Å²) >= 11 is 0. The Morgan fingerprint density at radius 3 is 1.69 bits per heavy atom. The molecule has 0 fully saturated rings. The molecule has 0 heterocycles. The van der Waals surface area contributed by atoms with Gasteiger partial charge in [0.2, 0.25) is 0 Å². The predicted molar refractivity (Wildman–Crippen MR) is 209 cm³/mol. The fourth-order valence-corrected chi connectivity index (χ4v) is 5.23. The average molecular weight is 737 g/mol. The number of hydrogen-bond acceptors (Lipinski definition) is 8. The van der Waals surface area contributed by atoms with Gasteiger partial charge in [0.15, 0.2) is 0 Å². The van der Waals surface area contributed by atoms with Gasteiger partial charge in [0.05, 0.1) is 26.4 Å². The standard InChI is InChI=1S/C41H69O9P/c1-3-5-7-9-11-13-15-16-17-18-19-20-21-22-23-25-27-29-31-33-41(44)50-40(38-49-51(45,46)48-36-39(43)35-42)37-47-34-32-30-28-26-24-14-12-10-8-6-4-2/h5,7-8,10-11,13,16-17,19-20,22-23,27,29,39-40,42-43H,3-4,6,9,12,14-15,18,21,24-26,28,30-38H2,1-2H3,(H,45,46)/b7-5-,10-8-,13-11-,17-16-,20-19-,23-22-,29-27-. The highest BCUT2D eigenvalue weighted by Crippen LogP contribution is 2.43. The lowest BCUT2D eigenvalue weighted by molar-refractivity contribution is -0.154. The molecule has 9 nitrogen and oxygen atoms in total. The maximum absolute atomic E-state index is 12.5. The average Bonchev–Trinajstić information content (AvgIpc) is 3.12. The Morgan fingerprint density at radius 2 is 1.12 bits per heavy atom. The molecule has 0 rings (SSSR count). The van der Waals surface area contributed by atoms with E-state index in [-0.39, 0.29) is 13.0 Å². The highest BCUT2D eigenvalue weighted by Gasteiger charge is 2.26. The second-order valence-electron chi connectivity index (χ2n) is 12.2. The third-order valence-electron chi connectivity index (χ3n) is 7.31. The molecule has 0 aliphatic rings. The topological polar surface area (TPSA) is 132 Å². The van der Waals surface area contributed by atoms with Crippen molar-refractivity contribution in [3.05, 3.63) is 85.1 Å². The summed E-state index contributed by atoms with van der Waals surface area (Å²) in [5, 5.41) is 18.3. The van der Waals surface area contributed by atoms with Crippen LogP contribution in [0.2, 0.25) is 0 Å². The van der Waals surface area contributed by atoms with E-state index in [0.717, 1.165) is 70.6 Å². The van der Waals surface area contributed by atoms with E-state index in [9.17, 15) is 19.4 Å². The number of allylic oxidation sites excluding steroid dienone is 14. The number of unbranched alkanes of at least 4 members (excludes halogenated alkanes) is 7. The quantitative estimate of drug-likeness (QED) is 0.0252. The summed E-state index contributed by atoms with van der Waals surface area (Å²) in [6, 6.07) is 0. The van der Waals surface area contributed by atoms with Crippen LogP contribution >= 0.6 is 7.82 Å². The molecule has 0 bridgehead atoms. The number of aliphatic hydroxyl groups excluding tert-OH is 2. The van der Waals surface area contributed by atoms with E-state index < -0.39 is 45.8 Å². The number of rotatable bonds is 35. The van der Waals surface area contributed by atoms with Gasteiger partial charge in [0.25, 0.3) is 0 Å². The summed E-state index contributed by atoms with van der Waals surface area (Å²) in [5.41, 5.74) is 0. The zero-order chi connectivity index (χ0) is 37.5. The zero-order valence-electron chi connectivity index (χ0n) is 31.5. The number of ether oxygens (including phenoxy) is 2. The van der Waals surface area contributed by atoms with Crippen LogP contribution in [0, 0.1) is 0 Å². The van der Waals surface area contributed by atoms with Crippen molar-refractivity contribution in [2.45, 2.75) is 135 Å². The predicted octanol–water partition coefficient (Wildman–Crippen LogP) is 9.97. The minimum Gasteiger partial charge on any atom is -0.457 e. The Bertz CT molecular complexity index is 1060. The first-order valence-corrected chi connectivity index (χ1v) is 20.6. The molecular weight excluding hydrogens is 667 g/mol. The van der Waals surface area contributed by atoms with E-state index >= 15 is 0 Å². The lowest BCUT2D eigenvalue weighted by Gasteiger charge is -2.20. The van der Waals surface area contributed by atoms with Crippen molar-refractivity contribution >= 4 is 13.8 Å². The molecular formula is C41H69O9P. The van der Waals surface area contributed by atoms with E-state index in [1.165, 1.54) is 25.7 Å². The van der Waals surface area contributed by atoms with Crippen molar-refractivity contribution in [3.63, 3.8) is 0 Å². The normalized spacial score (nSPS) is 15.2. The summed E-state index contributed by atoms with van der Waals surface area (Å²) in [5.74, 6) is -0.472. The van der Waals surface area contributed by atoms with Crippen LogP contribution in [0.4, 0.5) is 0 Å².